The second-order valence-electron chi connectivity index (χ2n) is 6.59. The van der Waals surface area contributed by atoms with Crippen LogP contribution in [0.2, 0.25) is 0 Å². The Kier molecular flexibility index (Phi) is 6.63. The zero-order valence-corrected chi connectivity index (χ0v) is 17.4. The molecule has 8 nitrogen and oxygen atoms in total. The van der Waals surface area contributed by atoms with Gasteiger partial charge >= 0.3 is 0 Å². The number of carbonyl (C=O) groups is 3. The summed E-state index contributed by atoms with van der Waals surface area (Å²) in [5.74, 6) is -0.550. The number of ether oxygens (including phenoxy) is 1. The van der Waals surface area contributed by atoms with Crippen molar-refractivity contribution in [2.24, 2.45) is 0 Å². The number of nitrogens with one attached hydrogen (secondary N) is 2. The highest BCUT2D eigenvalue weighted by Gasteiger charge is 2.42. The van der Waals surface area contributed by atoms with E-state index in [4.69, 9.17) is 17.0 Å². The average molecular weight is 426 g/mol. The van der Waals surface area contributed by atoms with Gasteiger partial charge in [-0.15, -0.1) is 0 Å². The molecule has 0 saturated carbocycles. The molecule has 3 rings (SSSR count). The summed E-state index contributed by atoms with van der Waals surface area (Å²) in [5.41, 5.74) is 3.60. The zero-order valence-electron chi connectivity index (χ0n) is 16.6. The first-order valence-corrected chi connectivity index (χ1v) is 9.81. The molecule has 0 aliphatic carbocycles. The van der Waals surface area contributed by atoms with Crippen molar-refractivity contribution in [3.05, 3.63) is 60.2 Å². The van der Waals surface area contributed by atoms with Gasteiger partial charge in [-0.2, -0.15) is 0 Å². The molecule has 0 radical (unpaired) electrons. The maximum atomic E-state index is 12.6. The van der Waals surface area contributed by atoms with Crippen molar-refractivity contribution in [2.45, 2.75) is 19.4 Å². The Morgan fingerprint density at radius 1 is 1.13 bits per heavy atom. The molecule has 1 heterocycles. The Morgan fingerprint density at radius 3 is 2.57 bits per heavy atom. The lowest BCUT2D eigenvalue weighted by Gasteiger charge is -2.24. The van der Waals surface area contributed by atoms with E-state index in [0.717, 1.165) is 0 Å². The second kappa shape index (κ2) is 9.36. The predicted molar refractivity (Wildman–Crippen MR) is 116 cm³/mol. The third-order valence-corrected chi connectivity index (χ3v) is 4.96. The summed E-state index contributed by atoms with van der Waals surface area (Å²) < 4.78 is 5.42. The summed E-state index contributed by atoms with van der Waals surface area (Å²) in [6, 6.07) is 14.6. The largest absolute Gasteiger partial charge is 0.494 e. The Hall–Kier alpha value is -3.46. The maximum absolute atomic E-state index is 12.6. The Morgan fingerprint density at radius 2 is 1.87 bits per heavy atom. The second-order valence-corrected chi connectivity index (χ2v) is 6.95. The third kappa shape index (κ3) is 4.74. The molecule has 3 amide bonds. The van der Waals surface area contributed by atoms with E-state index >= 15 is 0 Å². The number of amides is 3. The van der Waals surface area contributed by atoms with Crippen molar-refractivity contribution in [1.29, 1.82) is 0 Å². The van der Waals surface area contributed by atoms with Crippen molar-refractivity contribution >= 4 is 40.7 Å². The summed E-state index contributed by atoms with van der Waals surface area (Å²) in [6.45, 7) is 2.38. The van der Waals surface area contributed by atoms with E-state index < -0.39 is 11.9 Å². The van der Waals surface area contributed by atoms with Gasteiger partial charge in [0.05, 0.1) is 13.0 Å². The number of thiocarbonyl (C=S) groups is 1. The summed E-state index contributed by atoms with van der Waals surface area (Å²) in [4.78, 5) is 39.0. The molecule has 0 aromatic heterocycles. The molecular weight excluding hydrogens is 404 g/mol. The first kappa shape index (κ1) is 21.3. The van der Waals surface area contributed by atoms with Gasteiger partial charge in [-0.25, -0.2) is 5.01 Å². The molecule has 1 atom stereocenters. The number of rotatable bonds is 7. The highest BCUT2D eigenvalue weighted by molar-refractivity contribution is 7.80. The van der Waals surface area contributed by atoms with Crippen LogP contribution in [0.1, 0.15) is 23.7 Å². The smallest absolute Gasteiger partial charge is 0.269 e. The fourth-order valence-electron chi connectivity index (χ4n) is 3.01. The standard InChI is InChI=1S/C21H22N4O4S/c1-3-29-16-11-7-10-15(12-16)22-18(26)13-17-20(28)24(2)21(30)25(17)23-19(27)14-8-5-4-6-9-14/h4-12,17H,3,13H2,1-2H3,(H,22,26)(H,23,27). The van der Waals surface area contributed by atoms with Gasteiger partial charge in [-0.05, 0) is 43.4 Å². The van der Waals surface area contributed by atoms with Crippen LogP contribution in [0.4, 0.5) is 5.69 Å². The van der Waals surface area contributed by atoms with E-state index in [1.807, 2.05) is 6.92 Å². The van der Waals surface area contributed by atoms with Gasteiger partial charge in [0.25, 0.3) is 11.8 Å². The van der Waals surface area contributed by atoms with Crippen molar-refractivity contribution in [3.8, 4) is 5.75 Å². The highest BCUT2D eigenvalue weighted by Crippen LogP contribution is 2.21. The highest BCUT2D eigenvalue weighted by atomic mass is 32.1. The number of anilines is 1. The molecule has 9 heteroatoms. The number of hydrazine groups is 1. The number of carbonyl (C=O) groups excluding carboxylic acids is 3. The van der Waals surface area contributed by atoms with E-state index in [-0.39, 0.29) is 23.3 Å². The van der Waals surface area contributed by atoms with Gasteiger partial charge in [0, 0.05) is 24.4 Å². The molecule has 2 aromatic carbocycles. The fraction of sp³-hybridized carbons (Fsp3) is 0.238. The minimum Gasteiger partial charge on any atom is -0.494 e. The Balaban J connectivity index is 1.71. The van der Waals surface area contributed by atoms with Gasteiger partial charge in [0.15, 0.2) is 5.11 Å². The minimum absolute atomic E-state index is 0.125. The summed E-state index contributed by atoms with van der Waals surface area (Å²) in [5, 5.41) is 4.14. The summed E-state index contributed by atoms with van der Waals surface area (Å²) in [6.07, 6.45) is -0.183. The van der Waals surface area contributed by atoms with Crippen molar-refractivity contribution in [3.63, 3.8) is 0 Å². The van der Waals surface area contributed by atoms with Gasteiger partial charge in [0.1, 0.15) is 11.8 Å². The molecule has 2 N–H and O–H groups in total. The normalized spacial score (nSPS) is 15.9. The van der Waals surface area contributed by atoms with Crippen LogP contribution < -0.4 is 15.5 Å². The third-order valence-electron chi connectivity index (χ3n) is 4.49. The fourth-order valence-corrected chi connectivity index (χ4v) is 3.27. The predicted octanol–water partition coefficient (Wildman–Crippen LogP) is 2.19. The van der Waals surface area contributed by atoms with Crippen LogP contribution in [0.25, 0.3) is 0 Å². The van der Waals surface area contributed by atoms with Crippen LogP contribution in [0.3, 0.4) is 0 Å². The van der Waals surface area contributed by atoms with Gasteiger partial charge in [-0.1, -0.05) is 24.3 Å². The zero-order chi connectivity index (χ0) is 21.7. The molecule has 1 unspecified atom stereocenters. The van der Waals surface area contributed by atoms with Gasteiger partial charge < -0.3 is 10.1 Å². The van der Waals surface area contributed by atoms with E-state index in [1.165, 1.54) is 17.0 Å². The molecule has 1 aliphatic heterocycles. The molecule has 0 spiro atoms. The number of hydrogen-bond acceptors (Lipinski definition) is 5. The van der Waals surface area contributed by atoms with Crippen LogP contribution in [0, 0.1) is 0 Å². The average Bonchev–Trinajstić information content (AvgIpc) is 2.93. The Bertz CT molecular complexity index is 966. The lowest BCUT2D eigenvalue weighted by atomic mass is 10.2. The van der Waals surface area contributed by atoms with E-state index in [2.05, 4.69) is 10.7 Å². The first-order valence-electron chi connectivity index (χ1n) is 9.40. The van der Waals surface area contributed by atoms with Crippen LogP contribution in [-0.4, -0.2) is 52.4 Å². The van der Waals surface area contributed by atoms with Crippen molar-refractivity contribution in [1.82, 2.24) is 15.3 Å². The molecule has 1 aliphatic rings. The topological polar surface area (TPSA) is 91.0 Å². The monoisotopic (exact) mass is 426 g/mol. The van der Waals surface area contributed by atoms with E-state index in [9.17, 15) is 14.4 Å². The molecule has 30 heavy (non-hydrogen) atoms. The lowest BCUT2D eigenvalue weighted by molar-refractivity contribution is -0.130. The SMILES string of the molecule is CCOc1cccc(NC(=O)CC2C(=O)N(C)C(=S)N2NC(=O)c2ccccc2)c1. The van der Waals surface area contributed by atoms with Crippen LogP contribution >= 0.6 is 12.2 Å². The van der Waals surface area contributed by atoms with Crippen LogP contribution in [-0.2, 0) is 9.59 Å². The molecular formula is C21H22N4O4S. The molecule has 156 valence electrons. The number of hydrogen-bond donors (Lipinski definition) is 2. The van der Waals surface area contributed by atoms with E-state index in [0.29, 0.717) is 23.6 Å². The molecule has 0 bridgehead atoms. The Labute approximate surface area is 179 Å². The van der Waals surface area contributed by atoms with Gasteiger partial charge in [0.2, 0.25) is 5.91 Å². The van der Waals surface area contributed by atoms with Crippen molar-refractivity contribution < 1.29 is 19.1 Å². The number of likely N-dealkylation sites (N-methyl/N-ethyl adjacent to an activating group) is 1. The summed E-state index contributed by atoms with van der Waals surface area (Å²) in [7, 11) is 1.51. The van der Waals surface area contributed by atoms with Crippen LogP contribution in [0.5, 0.6) is 5.75 Å². The number of benzene rings is 2. The van der Waals surface area contributed by atoms with Crippen molar-refractivity contribution in [2.75, 3.05) is 19.0 Å². The molecule has 2 aromatic rings. The first-order chi connectivity index (χ1) is 14.4. The number of nitrogens with zero attached hydrogens (tertiary/aromatic N) is 2. The van der Waals surface area contributed by atoms with E-state index in [1.54, 1.807) is 54.6 Å². The maximum Gasteiger partial charge on any atom is 0.269 e. The molecule has 1 fully saturated rings. The molecule has 1 saturated heterocycles. The minimum atomic E-state index is -0.940. The summed E-state index contributed by atoms with van der Waals surface area (Å²) >= 11 is 5.28. The van der Waals surface area contributed by atoms with Gasteiger partial charge in [-0.3, -0.25) is 24.7 Å². The quantitative estimate of drug-likeness (QED) is 0.660. The van der Waals surface area contributed by atoms with Crippen LogP contribution in [0.15, 0.2) is 54.6 Å². The lowest BCUT2D eigenvalue weighted by Crippen LogP contribution is -2.49.